The van der Waals surface area contributed by atoms with Crippen molar-refractivity contribution in [1.82, 2.24) is 0 Å². The largest absolute Gasteiger partial charge is 0.466 e. The number of aryl methyl sites for hydroxylation is 2. The maximum Gasteiger partial charge on any atom is 0.387 e. The molecule has 0 amide bonds. The Morgan fingerprint density at radius 1 is 1.20 bits per heavy atom. The smallest absolute Gasteiger partial charge is 0.387 e. The quantitative estimate of drug-likeness (QED) is 0.864. The highest BCUT2D eigenvalue weighted by Crippen LogP contribution is 2.30. The van der Waals surface area contributed by atoms with Crippen LogP contribution in [0.2, 0.25) is 0 Å². The molecule has 0 radical (unpaired) electrons. The highest BCUT2D eigenvalue weighted by molar-refractivity contribution is 5.57. The number of nitrogens with one attached hydrogen (secondary N) is 1. The molecule has 1 heterocycles. The number of furan rings is 1. The number of alkyl halides is 2. The maximum absolute atomic E-state index is 12.4. The van der Waals surface area contributed by atoms with Crippen molar-refractivity contribution < 1.29 is 17.9 Å². The molecule has 1 atom stereocenters. The van der Waals surface area contributed by atoms with Crippen LogP contribution in [0.4, 0.5) is 14.5 Å². The lowest BCUT2D eigenvalue weighted by Crippen LogP contribution is -2.10. The fraction of sp³-hybridized carbons (Fsp3) is 0.333. The van der Waals surface area contributed by atoms with E-state index in [-0.39, 0.29) is 11.8 Å². The Bertz CT molecular complexity index is 581. The van der Waals surface area contributed by atoms with E-state index in [1.807, 2.05) is 26.8 Å². The monoisotopic (exact) mass is 281 g/mol. The summed E-state index contributed by atoms with van der Waals surface area (Å²) in [6.07, 6.45) is 0. The standard InChI is InChI=1S/C15H17F2NO2/c1-9-8-12(11(3)19-9)10(2)18-13-6-4-5-7-14(13)20-15(16)17/h4-8,10,15,18H,1-3H3. The van der Waals surface area contributed by atoms with E-state index in [9.17, 15) is 8.78 Å². The minimum Gasteiger partial charge on any atom is -0.466 e. The molecule has 0 aliphatic carbocycles. The summed E-state index contributed by atoms with van der Waals surface area (Å²) in [6.45, 7) is 2.85. The summed E-state index contributed by atoms with van der Waals surface area (Å²) < 4.78 is 34.7. The lowest BCUT2D eigenvalue weighted by Gasteiger charge is -2.17. The van der Waals surface area contributed by atoms with E-state index in [4.69, 9.17) is 4.42 Å². The van der Waals surface area contributed by atoms with Crippen molar-refractivity contribution in [2.45, 2.75) is 33.4 Å². The normalized spacial score (nSPS) is 12.5. The summed E-state index contributed by atoms with van der Waals surface area (Å²) in [5, 5.41) is 3.17. The van der Waals surface area contributed by atoms with Gasteiger partial charge in [0.1, 0.15) is 17.3 Å². The van der Waals surface area contributed by atoms with Crippen molar-refractivity contribution in [3.63, 3.8) is 0 Å². The van der Waals surface area contributed by atoms with Gasteiger partial charge in [-0.25, -0.2) is 0 Å². The number of halogens is 2. The molecule has 2 aromatic rings. The minimum atomic E-state index is -2.84. The predicted molar refractivity (Wildman–Crippen MR) is 73.3 cm³/mol. The first-order valence-corrected chi connectivity index (χ1v) is 6.34. The van der Waals surface area contributed by atoms with Gasteiger partial charge < -0.3 is 14.5 Å². The van der Waals surface area contributed by atoms with E-state index in [0.29, 0.717) is 5.69 Å². The highest BCUT2D eigenvalue weighted by atomic mass is 19.3. The van der Waals surface area contributed by atoms with Gasteiger partial charge in [-0.1, -0.05) is 12.1 Å². The Hall–Kier alpha value is -2.04. The fourth-order valence-corrected chi connectivity index (χ4v) is 2.18. The molecule has 1 aromatic heterocycles. The van der Waals surface area contributed by atoms with Crippen LogP contribution in [-0.4, -0.2) is 6.61 Å². The molecule has 3 nitrogen and oxygen atoms in total. The Labute approximate surface area is 116 Å². The molecule has 0 saturated heterocycles. The number of benzene rings is 1. The van der Waals surface area contributed by atoms with Gasteiger partial charge in [0.15, 0.2) is 0 Å². The fourth-order valence-electron chi connectivity index (χ4n) is 2.18. The lowest BCUT2D eigenvalue weighted by molar-refractivity contribution is -0.0493. The summed E-state index contributed by atoms with van der Waals surface area (Å²) in [6, 6.07) is 8.49. The first-order chi connectivity index (χ1) is 9.47. The number of ether oxygens (including phenoxy) is 1. The van der Waals surface area contributed by atoms with Gasteiger partial charge in [-0.3, -0.25) is 0 Å². The van der Waals surface area contributed by atoms with Crippen LogP contribution in [0.5, 0.6) is 5.75 Å². The highest BCUT2D eigenvalue weighted by Gasteiger charge is 2.15. The van der Waals surface area contributed by atoms with Gasteiger partial charge in [0, 0.05) is 5.56 Å². The lowest BCUT2D eigenvalue weighted by atomic mass is 10.1. The van der Waals surface area contributed by atoms with Crippen molar-refractivity contribution in [2.75, 3.05) is 5.32 Å². The summed E-state index contributed by atoms with van der Waals surface area (Å²) in [5.41, 5.74) is 1.52. The molecule has 20 heavy (non-hydrogen) atoms. The number of hydrogen-bond donors (Lipinski definition) is 1. The molecule has 0 saturated carbocycles. The van der Waals surface area contributed by atoms with Crippen LogP contribution >= 0.6 is 0 Å². The van der Waals surface area contributed by atoms with Gasteiger partial charge >= 0.3 is 6.61 Å². The average molecular weight is 281 g/mol. The van der Waals surface area contributed by atoms with Crippen molar-refractivity contribution in [3.05, 3.63) is 47.4 Å². The second-order valence-corrected chi connectivity index (χ2v) is 4.61. The van der Waals surface area contributed by atoms with Crippen LogP contribution in [0, 0.1) is 13.8 Å². The van der Waals surface area contributed by atoms with Crippen molar-refractivity contribution >= 4 is 5.69 Å². The van der Waals surface area contributed by atoms with E-state index in [1.165, 1.54) is 6.07 Å². The van der Waals surface area contributed by atoms with Crippen LogP contribution < -0.4 is 10.1 Å². The van der Waals surface area contributed by atoms with Gasteiger partial charge in [0.25, 0.3) is 0 Å². The van der Waals surface area contributed by atoms with Crippen LogP contribution in [-0.2, 0) is 0 Å². The molecule has 108 valence electrons. The first kappa shape index (κ1) is 14.4. The van der Waals surface area contributed by atoms with Crippen LogP contribution in [0.1, 0.15) is 30.0 Å². The Morgan fingerprint density at radius 2 is 1.90 bits per heavy atom. The summed E-state index contributed by atoms with van der Waals surface area (Å²) >= 11 is 0. The molecular weight excluding hydrogens is 264 g/mol. The van der Waals surface area contributed by atoms with E-state index >= 15 is 0 Å². The molecular formula is C15H17F2NO2. The van der Waals surface area contributed by atoms with Gasteiger partial charge in [0.05, 0.1) is 11.7 Å². The average Bonchev–Trinajstić information content (AvgIpc) is 2.70. The third kappa shape index (κ3) is 3.29. The molecule has 1 aromatic carbocycles. The topological polar surface area (TPSA) is 34.4 Å². The second-order valence-electron chi connectivity index (χ2n) is 4.61. The number of para-hydroxylation sites is 2. The van der Waals surface area contributed by atoms with Gasteiger partial charge in [-0.05, 0) is 39.0 Å². The third-order valence-corrected chi connectivity index (χ3v) is 3.02. The van der Waals surface area contributed by atoms with Crippen LogP contribution in [0.3, 0.4) is 0 Å². The molecule has 0 aliphatic rings. The maximum atomic E-state index is 12.4. The Balaban J connectivity index is 2.19. The number of hydrogen-bond acceptors (Lipinski definition) is 3. The van der Waals surface area contributed by atoms with Crippen molar-refractivity contribution in [1.29, 1.82) is 0 Å². The summed E-state index contributed by atoms with van der Waals surface area (Å²) in [5.74, 6) is 1.77. The summed E-state index contributed by atoms with van der Waals surface area (Å²) in [7, 11) is 0. The molecule has 1 N–H and O–H groups in total. The van der Waals surface area contributed by atoms with Gasteiger partial charge in [-0.2, -0.15) is 8.78 Å². The van der Waals surface area contributed by atoms with Crippen molar-refractivity contribution in [2.24, 2.45) is 0 Å². The number of rotatable bonds is 5. The zero-order valence-corrected chi connectivity index (χ0v) is 11.6. The second kappa shape index (κ2) is 5.94. The SMILES string of the molecule is Cc1cc(C(C)Nc2ccccc2OC(F)F)c(C)o1. The van der Waals surface area contributed by atoms with E-state index < -0.39 is 6.61 Å². The van der Waals surface area contributed by atoms with Crippen molar-refractivity contribution in [3.8, 4) is 5.75 Å². The molecule has 1 unspecified atom stereocenters. The molecule has 0 fully saturated rings. The van der Waals surface area contributed by atoms with Crippen LogP contribution in [0.25, 0.3) is 0 Å². The Morgan fingerprint density at radius 3 is 2.50 bits per heavy atom. The molecule has 0 aliphatic heterocycles. The number of anilines is 1. The Kier molecular flexibility index (Phi) is 4.27. The molecule has 0 spiro atoms. The zero-order valence-electron chi connectivity index (χ0n) is 11.6. The third-order valence-electron chi connectivity index (χ3n) is 3.02. The zero-order chi connectivity index (χ0) is 14.7. The van der Waals surface area contributed by atoms with E-state index in [1.54, 1.807) is 18.2 Å². The van der Waals surface area contributed by atoms with Crippen LogP contribution in [0.15, 0.2) is 34.7 Å². The molecule has 0 bridgehead atoms. The molecule has 2 rings (SSSR count). The minimum absolute atomic E-state index is 0.0742. The van der Waals surface area contributed by atoms with Gasteiger partial charge in [-0.15, -0.1) is 0 Å². The molecule has 5 heteroatoms. The van der Waals surface area contributed by atoms with E-state index in [0.717, 1.165) is 17.1 Å². The summed E-state index contributed by atoms with van der Waals surface area (Å²) in [4.78, 5) is 0. The van der Waals surface area contributed by atoms with Gasteiger partial charge in [0.2, 0.25) is 0 Å². The first-order valence-electron chi connectivity index (χ1n) is 6.34. The van der Waals surface area contributed by atoms with E-state index in [2.05, 4.69) is 10.1 Å². The predicted octanol–water partition coefficient (Wildman–Crippen LogP) is 4.67.